The molecule has 1 unspecified atom stereocenters. The van der Waals surface area contributed by atoms with E-state index in [2.05, 4.69) is 0 Å². The summed E-state index contributed by atoms with van der Waals surface area (Å²) in [6, 6.07) is 8.85. The van der Waals surface area contributed by atoms with Gasteiger partial charge in [-0.15, -0.1) is 0 Å². The molecule has 96 valence electrons. The number of nitrogens with zero attached hydrogens (tertiary/aromatic N) is 1. The Morgan fingerprint density at radius 3 is 2.68 bits per heavy atom. The number of allylic oxidation sites excluding steroid dienone is 3. The average Bonchev–Trinajstić information content (AvgIpc) is 2.41. The highest BCUT2D eigenvalue weighted by molar-refractivity contribution is 6.00. The van der Waals surface area contributed by atoms with E-state index < -0.39 is 0 Å². The molecule has 1 aromatic rings. The van der Waals surface area contributed by atoms with Crippen LogP contribution in [-0.4, -0.2) is 10.9 Å². The van der Waals surface area contributed by atoms with Gasteiger partial charge < -0.3 is 5.11 Å². The van der Waals surface area contributed by atoms with Gasteiger partial charge in [-0.3, -0.25) is 4.79 Å². The number of carbonyl (C=O) groups excluding carboxylic acids is 1. The van der Waals surface area contributed by atoms with Gasteiger partial charge in [0.25, 0.3) is 0 Å². The summed E-state index contributed by atoms with van der Waals surface area (Å²) in [6.45, 7) is 2.01. The van der Waals surface area contributed by atoms with E-state index in [0.717, 1.165) is 5.56 Å². The van der Waals surface area contributed by atoms with Gasteiger partial charge >= 0.3 is 0 Å². The zero-order valence-corrected chi connectivity index (χ0v) is 10.8. The molecule has 0 saturated carbocycles. The summed E-state index contributed by atoms with van der Waals surface area (Å²) < 4.78 is 0. The Morgan fingerprint density at radius 2 is 2.05 bits per heavy atom. The molecule has 0 heterocycles. The number of carbonyl (C=O) groups is 1. The van der Waals surface area contributed by atoms with Gasteiger partial charge in [0.2, 0.25) is 0 Å². The van der Waals surface area contributed by atoms with Crippen LogP contribution in [0.15, 0.2) is 42.0 Å². The maximum atomic E-state index is 11.5. The highest BCUT2D eigenvalue weighted by Gasteiger charge is 2.27. The van der Waals surface area contributed by atoms with Crippen molar-refractivity contribution in [3.63, 3.8) is 0 Å². The summed E-state index contributed by atoms with van der Waals surface area (Å²) in [7, 11) is 0. The van der Waals surface area contributed by atoms with Crippen molar-refractivity contribution in [1.82, 2.24) is 0 Å². The highest BCUT2D eigenvalue weighted by atomic mass is 16.3. The monoisotopic (exact) mass is 253 g/mol. The van der Waals surface area contributed by atoms with Crippen LogP contribution in [0, 0.1) is 16.7 Å². The van der Waals surface area contributed by atoms with Crippen LogP contribution in [0.3, 0.4) is 0 Å². The third-order valence-corrected chi connectivity index (χ3v) is 3.34. The standard InChI is InChI=1S/C16H15NO2/c1-16(9-7-15(19)13(10-16)11-17)8-6-12-2-4-14(18)5-3-12/h2-6,8,10,18H,7,9H2,1H3. The van der Waals surface area contributed by atoms with E-state index in [1.807, 2.05) is 37.3 Å². The fourth-order valence-corrected chi connectivity index (χ4v) is 2.10. The van der Waals surface area contributed by atoms with Crippen LogP contribution < -0.4 is 0 Å². The molecule has 0 amide bonds. The van der Waals surface area contributed by atoms with E-state index in [-0.39, 0.29) is 22.5 Å². The number of phenols is 1. The molecule has 1 N–H and O–H groups in total. The quantitative estimate of drug-likeness (QED) is 0.880. The molecule has 1 aliphatic rings. The molecule has 2 rings (SSSR count). The molecule has 0 radical (unpaired) electrons. The normalized spacial score (nSPS) is 23.2. The Balaban J connectivity index is 2.22. The van der Waals surface area contributed by atoms with E-state index in [9.17, 15) is 9.90 Å². The summed E-state index contributed by atoms with van der Waals surface area (Å²) >= 11 is 0. The van der Waals surface area contributed by atoms with E-state index >= 15 is 0 Å². The van der Waals surface area contributed by atoms with Crippen molar-refractivity contribution < 1.29 is 9.90 Å². The van der Waals surface area contributed by atoms with Crippen molar-refractivity contribution in [2.45, 2.75) is 19.8 Å². The fourth-order valence-electron chi connectivity index (χ4n) is 2.10. The third-order valence-electron chi connectivity index (χ3n) is 3.34. The average molecular weight is 253 g/mol. The summed E-state index contributed by atoms with van der Waals surface area (Å²) in [5, 5.41) is 18.1. The summed E-state index contributed by atoms with van der Waals surface area (Å²) in [4.78, 5) is 11.5. The number of hydrogen-bond donors (Lipinski definition) is 1. The molecule has 1 aliphatic carbocycles. The number of phenolic OH excluding ortho intramolecular Hbond substituents is 1. The predicted molar refractivity (Wildman–Crippen MR) is 73.2 cm³/mol. The van der Waals surface area contributed by atoms with Crippen molar-refractivity contribution >= 4 is 11.9 Å². The molecule has 0 saturated heterocycles. The van der Waals surface area contributed by atoms with Gasteiger partial charge in [0, 0.05) is 11.8 Å². The van der Waals surface area contributed by atoms with Crippen LogP contribution in [0.2, 0.25) is 0 Å². The highest BCUT2D eigenvalue weighted by Crippen LogP contribution is 2.34. The second kappa shape index (κ2) is 5.11. The second-order valence-electron chi connectivity index (χ2n) is 5.02. The summed E-state index contributed by atoms with van der Waals surface area (Å²) in [5.41, 5.74) is 0.962. The first-order valence-electron chi connectivity index (χ1n) is 6.17. The summed E-state index contributed by atoms with van der Waals surface area (Å²) in [6.07, 6.45) is 6.82. The number of benzene rings is 1. The van der Waals surface area contributed by atoms with Crippen molar-refractivity contribution in [1.29, 1.82) is 5.26 Å². The van der Waals surface area contributed by atoms with Gasteiger partial charge in [-0.2, -0.15) is 5.26 Å². The molecule has 3 heteroatoms. The number of rotatable bonds is 2. The Hall–Kier alpha value is -2.34. The molecular formula is C16H15NO2. The van der Waals surface area contributed by atoms with Gasteiger partial charge in [0.1, 0.15) is 11.8 Å². The van der Waals surface area contributed by atoms with E-state index in [1.165, 1.54) is 0 Å². The molecule has 0 bridgehead atoms. The molecule has 3 nitrogen and oxygen atoms in total. The fraction of sp³-hybridized carbons (Fsp3) is 0.250. The molecular weight excluding hydrogens is 238 g/mol. The van der Waals surface area contributed by atoms with Gasteiger partial charge in [0.05, 0.1) is 5.57 Å². The molecule has 0 spiro atoms. The Morgan fingerprint density at radius 1 is 1.37 bits per heavy atom. The van der Waals surface area contributed by atoms with Crippen LogP contribution in [0.25, 0.3) is 6.08 Å². The van der Waals surface area contributed by atoms with Crippen molar-refractivity contribution in [2.24, 2.45) is 5.41 Å². The Labute approximate surface area is 112 Å². The minimum absolute atomic E-state index is 0.0713. The minimum atomic E-state index is -0.267. The topological polar surface area (TPSA) is 61.1 Å². The lowest BCUT2D eigenvalue weighted by atomic mass is 9.77. The predicted octanol–water partition coefficient (Wildman–Crippen LogP) is 3.22. The van der Waals surface area contributed by atoms with Gasteiger partial charge in [-0.1, -0.05) is 37.3 Å². The number of nitriles is 1. The van der Waals surface area contributed by atoms with E-state index in [0.29, 0.717) is 12.8 Å². The molecule has 1 atom stereocenters. The number of hydrogen-bond acceptors (Lipinski definition) is 3. The lowest BCUT2D eigenvalue weighted by Gasteiger charge is -2.25. The van der Waals surface area contributed by atoms with Crippen LogP contribution in [0.4, 0.5) is 0 Å². The molecule has 0 fully saturated rings. The first kappa shape index (κ1) is 13.1. The smallest absolute Gasteiger partial charge is 0.173 e. The number of ketones is 1. The van der Waals surface area contributed by atoms with Crippen molar-refractivity contribution in [2.75, 3.05) is 0 Å². The van der Waals surface area contributed by atoms with E-state index in [1.54, 1.807) is 18.2 Å². The lowest BCUT2D eigenvalue weighted by molar-refractivity contribution is -0.116. The first-order chi connectivity index (χ1) is 9.02. The van der Waals surface area contributed by atoms with Crippen LogP contribution in [0.1, 0.15) is 25.3 Å². The zero-order chi connectivity index (χ0) is 13.9. The molecule has 19 heavy (non-hydrogen) atoms. The maximum Gasteiger partial charge on any atom is 0.173 e. The largest absolute Gasteiger partial charge is 0.508 e. The number of aromatic hydroxyl groups is 1. The first-order valence-corrected chi connectivity index (χ1v) is 6.17. The molecule has 0 aromatic heterocycles. The van der Waals surface area contributed by atoms with Crippen molar-refractivity contribution in [3.05, 3.63) is 47.6 Å². The van der Waals surface area contributed by atoms with Gasteiger partial charge in [0.15, 0.2) is 5.78 Å². The number of Topliss-reactive ketones (excluding diaryl/α,β-unsaturated/α-hetero) is 1. The molecule has 0 aliphatic heterocycles. The van der Waals surface area contributed by atoms with Crippen LogP contribution >= 0.6 is 0 Å². The maximum absolute atomic E-state index is 11.5. The van der Waals surface area contributed by atoms with E-state index in [4.69, 9.17) is 5.26 Å². The molecule has 1 aromatic carbocycles. The van der Waals surface area contributed by atoms with Gasteiger partial charge in [-0.05, 0) is 24.1 Å². The van der Waals surface area contributed by atoms with Gasteiger partial charge in [-0.25, -0.2) is 0 Å². The Bertz CT molecular complexity index is 590. The zero-order valence-electron chi connectivity index (χ0n) is 10.8. The van der Waals surface area contributed by atoms with Crippen LogP contribution in [0.5, 0.6) is 5.75 Å². The summed E-state index contributed by atoms with van der Waals surface area (Å²) in [5.74, 6) is 0.163. The third kappa shape index (κ3) is 3.11. The Kier molecular flexibility index (Phi) is 3.52. The lowest BCUT2D eigenvalue weighted by Crippen LogP contribution is -2.20. The van der Waals surface area contributed by atoms with Crippen LogP contribution in [-0.2, 0) is 4.79 Å². The second-order valence-corrected chi connectivity index (χ2v) is 5.02. The SMILES string of the molecule is CC1(C=Cc2ccc(O)cc2)C=C(C#N)C(=O)CC1. The van der Waals surface area contributed by atoms with Crippen molar-refractivity contribution in [3.8, 4) is 11.8 Å². The minimum Gasteiger partial charge on any atom is -0.508 e.